The van der Waals surface area contributed by atoms with Gasteiger partial charge in [-0.15, -0.1) is 0 Å². The molecule has 1 aliphatic carbocycles. The molecule has 0 saturated heterocycles. The van der Waals surface area contributed by atoms with Gasteiger partial charge in [0.1, 0.15) is 11.6 Å². The highest BCUT2D eigenvalue weighted by Gasteiger charge is 2.30. The van der Waals surface area contributed by atoms with Crippen molar-refractivity contribution in [2.45, 2.75) is 25.8 Å². The van der Waals surface area contributed by atoms with Crippen molar-refractivity contribution in [2.75, 3.05) is 24.2 Å². The molecule has 0 spiro atoms. The van der Waals surface area contributed by atoms with E-state index < -0.39 is 27.3 Å². The summed E-state index contributed by atoms with van der Waals surface area (Å²) >= 11 is 0. The SMILES string of the molecule is CCN(c1nc2oc(-c3ccc(F)cc3)c(C(=O)NC)c2cc1-c1cccc(C(=O)NC2(C)C=CC2)c1)S(C)(=O)=O. The number of benzene rings is 2. The van der Waals surface area contributed by atoms with E-state index in [1.807, 2.05) is 19.1 Å². The van der Waals surface area contributed by atoms with E-state index in [2.05, 4.69) is 15.6 Å². The van der Waals surface area contributed by atoms with Crippen molar-refractivity contribution in [1.29, 1.82) is 0 Å². The van der Waals surface area contributed by atoms with Gasteiger partial charge < -0.3 is 15.1 Å². The first-order chi connectivity index (χ1) is 19.4. The molecule has 4 aromatic rings. The quantitative estimate of drug-likeness (QED) is 0.288. The average Bonchev–Trinajstić information content (AvgIpc) is 3.29. The number of nitrogens with zero attached hydrogens (tertiary/aromatic N) is 2. The minimum absolute atomic E-state index is 0.0300. The molecule has 1 atom stereocenters. The number of pyridine rings is 1. The van der Waals surface area contributed by atoms with Crippen LogP contribution in [0.1, 0.15) is 41.0 Å². The van der Waals surface area contributed by atoms with Crippen molar-refractivity contribution in [3.05, 3.63) is 83.7 Å². The summed E-state index contributed by atoms with van der Waals surface area (Å²) in [5.74, 6) is -0.956. The molecular weight excluding hydrogens is 547 g/mol. The van der Waals surface area contributed by atoms with Gasteiger partial charge in [0, 0.05) is 30.3 Å². The topological polar surface area (TPSA) is 122 Å². The number of halogens is 1. The number of hydrogen-bond donors (Lipinski definition) is 2. The molecular formula is C30H29FN4O5S. The van der Waals surface area contributed by atoms with Gasteiger partial charge in [-0.25, -0.2) is 12.8 Å². The van der Waals surface area contributed by atoms with Crippen molar-refractivity contribution in [1.82, 2.24) is 15.6 Å². The molecule has 0 fully saturated rings. The lowest BCUT2D eigenvalue weighted by atomic mass is 9.87. The van der Waals surface area contributed by atoms with E-state index in [-0.39, 0.29) is 35.3 Å². The molecule has 2 aromatic heterocycles. The monoisotopic (exact) mass is 576 g/mol. The van der Waals surface area contributed by atoms with Crippen LogP contribution in [0.25, 0.3) is 33.6 Å². The number of fused-ring (bicyclic) bond motifs is 1. The van der Waals surface area contributed by atoms with Gasteiger partial charge in [-0.05, 0) is 68.3 Å². The van der Waals surface area contributed by atoms with Gasteiger partial charge in [0.25, 0.3) is 11.8 Å². The van der Waals surface area contributed by atoms with Gasteiger partial charge in [0.2, 0.25) is 15.7 Å². The van der Waals surface area contributed by atoms with Crippen molar-refractivity contribution in [3.63, 3.8) is 0 Å². The zero-order chi connectivity index (χ0) is 29.5. The summed E-state index contributed by atoms with van der Waals surface area (Å²) in [6, 6.07) is 13.9. The van der Waals surface area contributed by atoms with E-state index in [1.54, 1.807) is 37.3 Å². The van der Waals surface area contributed by atoms with Crippen LogP contribution in [-0.2, 0) is 10.0 Å². The number of carbonyl (C=O) groups excluding carboxylic acids is 2. The predicted octanol–water partition coefficient (Wildman–Crippen LogP) is 4.89. The summed E-state index contributed by atoms with van der Waals surface area (Å²) in [5, 5.41) is 5.94. The molecule has 212 valence electrons. The van der Waals surface area contributed by atoms with E-state index in [0.29, 0.717) is 27.6 Å². The number of anilines is 1. The summed E-state index contributed by atoms with van der Waals surface area (Å²) in [6.45, 7) is 3.67. The average molecular weight is 577 g/mol. The molecule has 0 saturated carbocycles. The number of rotatable bonds is 8. The van der Waals surface area contributed by atoms with Crippen molar-refractivity contribution in [3.8, 4) is 22.5 Å². The highest BCUT2D eigenvalue weighted by atomic mass is 32.2. The highest BCUT2D eigenvalue weighted by Crippen LogP contribution is 2.39. The van der Waals surface area contributed by atoms with E-state index in [0.717, 1.165) is 17.0 Å². The molecule has 41 heavy (non-hydrogen) atoms. The third kappa shape index (κ3) is 5.32. The summed E-state index contributed by atoms with van der Waals surface area (Å²) in [5.41, 5.74) is 1.49. The first-order valence-electron chi connectivity index (χ1n) is 13.0. The summed E-state index contributed by atoms with van der Waals surface area (Å²) in [6.07, 6.45) is 5.70. The van der Waals surface area contributed by atoms with E-state index in [4.69, 9.17) is 4.42 Å². The molecule has 1 aliphatic rings. The minimum atomic E-state index is -3.77. The van der Waals surface area contributed by atoms with Crippen molar-refractivity contribution < 1.29 is 26.8 Å². The number of sulfonamides is 1. The molecule has 2 heterocycles. The maximum atomic E-state index is 13.7. The van der Waals surface area contributed by atoms with Crippen LogP contribution in [-0.4, -0.2) is 50.6 Å². The molecule has 11 heteroatoms. The Morgan fingerprint density at radius 2 is 1.80 bits per heavy atom. The fourth-order valence-electron chi connectivity index (χ4n) is 4.84. The van der Waals surface area contributed by atoms with Crippen molar-refractivity contribution in [2.24, 2.45) is 0 Å². The Morgan fingerprint density at radius 1 is 1.10 bits per heavy atom. The second-order valence-corrected chi connectivity index (χ2v) is 12.0. The van der Waals surface area contributed by atoms with E-state index >= 15 is 0 Å². The predicted molar refractivity (Wildman–Crippen MR) is 156 cm³/mol. The van der Waals surface area contributed by atoms with Crippen LogP contribution in [0, 0.1) is 5.82 Å². The Kier molecular flexibility index (Phi) is 7.16. The fourth-order valence-corrected chi connectivity index (χ4v) is 5.76. The summed E-state index contributed by atoms with van der Waals surface area (Å²) in [7, 11) is -2.30. The molecule has 2 N–H and O–H groups in total. The van der Waals surface area contributed by atoms with Crippen LogP contribution >= 0.6 is 0 Å². The zero-order valence-corrected chi connectivity index (χ0v) is 23.8. The third-order valence-electron chi connectivity index (χ3n) is 7.01. The lowest BCUT2D eigenvalue weighted by Gasteiger charge is -2.32. The normalized spacial score (nSPS) is 16.3. The number of aromatic nitrogens is 1. The Bertz CT molecular complexity index is 1810. The molecule has 0 aliphatic heterocycles. The van der Waals surface area contributed by atoms with Gasteiger partial charge in [0.15, 0.2) is 5.82 Å². The maximum absolute atomic E-state index is 13.7. The lowest BCUT2D eigenvalue weighted by molar-refractivity contribution is 0.0916. The van der Waals surface area contributed by atoms with Crippen LogP contribution in [0.5, 0.6) is 0 Å². The van der Waals surface area contributed by atoms with Gasteiger partial charge in [-0.1, -0.05) is 24.3 Å². The van der Waals surface area contributed by atoms with Gasteiger partial charge >= 0.3 is 0 Å². The van der Waals surface area contributed by atoms with Gasteiger partial charge in [0.05, 0.1) is 22.7 Å². The zero-order valence-electron chi connectivity index (χ0n) is 23.0. The first kappa shape index (κ1) is 28.0. The molecule has 0 radical (unpaired) electrons. The highest BCUT2D eigenvalue weighted by molar-refractivity contribution is 7.92. The number of carbonyl (C=O) groups is 2. The Hall–Kier alpha value is -4.51. The smallest absolute Gasteiger partial charge is 0.255 e. The van der Waals surface area contributed by atoms with E-state index in [9.17, 15) is 22.4 Å². The van der Waals surface area contributed by atoms with Crippen molar-refractivity contribution >= 4 is 38.8 Å². The molecule has 0 bridgehead atoms. The first-order valence-corrected chi connectivity index (χ1v) is 14.8. The van der Waals surface area contributed by atoms with Gasteiger partial charge in [-0.3, -0.25) is 13.9 Å². The number of nitrogens with one attached hydrogen (secondary N) is 2. The van der Waals surface area contributed by atoms with Crippen LogP contribution in [0.3, 0.4) is 0 Å². The number of furan rings is 1. The molecule has 2 amide bonds. The van der Waals surface area contributed by atoms with Gasteiger partial charge in [-0.2, -0.15) is 4.98 Å². The van der Waals surface area contributed by atoms with E-state index in [1.165, 1.54) is 31.3 Å². The Balaban J connectivity index is 1.75. The Labute approximate surface area is 237 Å². The summed E-state index contributed by atoms with van der Waals surface area (Å²) < 4.78 is 46.5. The molecule has 1 unspecified atom stereocenters. The van der Waals surface area contributed by atoms with Crippen LogP contribution < -0.4 is 14.9 Å². The Morgan fingerprint density at radius 3 is 2.39 bits per heavy atom. The fraction of sp³-hybridized carbons (Fsp3) is 0.233. The molecule has 9 nitrogen and oxygen atoms in total. The molecule has 5 rings (SSSR count). The second kappa shape index (κ2) is 10.5. The number of hydrogen-bond acceptors (Lipinski definition) is 6. The maximum Gasteiger partial charge on any atom is 0.255 e. The van der Waals surface area contributed by atoms with Crippen LogP contribution in [0.2, 0.25) is 0 Å². The molecule has 2 aromatic carbocycles. The minimum Gasteiger partial charge on any atom is -0.437 e. The summed E-state index contributed by atoms with van der Waals surface area (Å²) in [4.78, 5) is 30.8. The third-order valence-corrected chi connectivity index (χ3v) is 8.24. The lowest BCUT2D eigenvalue weighted by Crippen LogP contribution is -2.47. The standard InChI is InChI=1S/C30H29FN4O5S/c1-5-35(41(4,38)39)26-22(19-8-6-9-20(16-19)27(36)34-30(2)14-7-15-30)17-23-24(28(37)32-3)25(40-29(23)33-26)18-10-12-21(31)13-11-18/h6-14,16-17H,5,15H2,1-4H3,(H,32,37)(H,34,36). The van der Waals surface area contributed by atoms with Crippen LogP contribution in [0.4, 0.5) is 10.2 Å². The largest absolute Gasteiger partial charge is 0.437 e. The van der Waals surface area contributed by atoms with Crippen LogP contribution in [0.15, 0.2) is 71.2 Å². The number of amides is 2. The second-order valence-electron chi connectivity index (χ2n) is 10.1.